The van der Waals surface area contributed by atoms with Gasteiger partial charge >= 0.3 is 0 Å². The molecule has 0 aromatic heterocycles. The van der Waals surface area contributed by atoms with E-state index < -0.39 is 0 Å². The number of halogens is 1. The van der Waals surface area contributed by atoms with Gasteiger partial charge in [0.05, 0.1) is 6.54 Å². The zero-order valence-corrected chi connectivity index (χ0v) is 15.1. The van der Waals surface area contributed by atoms with E-state index in [2.05, 4.69) is 15.6 Å². The van der Waals surface area contributed by atoms with E-state index in [0.717, 1.165) is 37.9 Å². The van der Waals surface area contributed by atoms with Crippen LogP contribution in [0.15, 0.2) is 35.3 Å². The van der Waals surface area contributed by atoms with E-state index >= 15 is 0 Å². The molecule has 6 heteroatoms. The average Bonchev–Trinajstić information content (AvgIpc) is 2.50. The highest BCUT2D eigenvalue weighted by atomic mass is 127. The van der Waals surface area contributed by atoms with Crippen molar-refractivity contribution < 1.29 is 9.47 Å². The van der Waals surface area contributed by atoms with Gasteiger partial charge in [0.25, 0.3) is 0 Å². The van der Waals surface area contributed by atoms with Crippen molar-refractivity contribution >= 4 is 29.9 Å². The highest BCUT2D eigenvalue weighted by Gasteiger charge is 1.97. The summed E-state index contributed by atoms with van der Waals surface area (Å²) in [6.45, 7) is 5.70. The van der Waals surface area contributed by atoms with Crippen LogP contribution in [0.4, 0.5) is 0 Å². The highest BCUT2D eigenvalue weighted by Crippen LogP contribution is 2.07. The van der Waals surface area contributed by atoms with Crippen molar-refractivity contribution in [3.05, 3.63) is 30.3 Å². The number of ether oxygens (including phenoxy) is 2. The molecule has 0 unspecified atom stereocenters. The van der Waals surface area contributed by atoms with Crippen molar-refractivity contribution in [3.63, 3.8) is 0 Å². The third-order valence-corrected chi connectivity index (χ3v) is 2.59. The molecule has 21 heavy (non-hydrogen) atoms. The minimum atomic E-state index is 0. The molecule has 2 N–H and O–H groups in total. The van der Waals surface area contributed by atoms with E-state index in [4.69, 9.17) is 9.47 Å². The second-order valence-corrected chi connectivity index (χ2v) is 4.14. The topological polar surface area (TPSA) is 54.9 Å². The summed E-state index contributed by atoms with van der Waals surface area (Å²) < 4.78 is 10.9. The van der Waals surface area contributed by atoms with Gasteiger partial charge in [0.2, 0.25) is 0 Å². The van der Waals surface area contributed by atoms with Crippen molar-refractivity contribution in [2.45, 2.75) is 13.3 Å². The van der Waals surface area contributed by atoms with Gasteiger partial charge in [-0.25, -0.2) is 0 Å². The first-order valence-corrected chi connectivity index (χ1v) is 7.07. The molecule has 5 nitrogen and oxygen atoms in total. The van der Waals surface area contributed by atoms with Crippen molar-refractivity contribution in [1.82, 2.24) is 10.6 Å². The Hall–Kier alpha value is -1.02. The molecular formula is C15H26IN3O2. The Bertz CT molecular complexity index is 374. The number of aliphatic imine (C=N–C) groups is 1. The van der Waals surface area contributed by atoms with Gasteiger partial charge in [-0.1, -0.05) is 18.2 Å². The van der Waals surface area contributed by atoms with Gasteiger partial charge in [-0.3, -0.25) is 4.99 Å². The van der Waals surface area contributed by atoms with Crippen LogP contribution in [0.3, 0.4) is 0 Å². The summed E-state index contributed by atoms with van der Waals surface area (Å²) in [5.74, 6) is 1.67. The zero-order chi connectivity index (χ0) is 14.5. The monoisotopic (exact) mass is 407 g/mol. The Morgan fingerprint density at radius 3 is 2.48 bits per heavy atom. The molecule has 0 bridgehead atoms. The van der Waals surface area contributed by atoms with Gasteiger partial charge in [-0.15, -0.1) is 24.0 Å². The van der Waals surface area contributed by atoms with E-state index in [1.54, 1.807) is 7.05 Å². The molecule has 1 aromatic rings. The van der Waals surface area contributed by atoms with Crippen molar-refractivity contribution in [2.75, 3.05) is 40.0 Å². The summed E-state index contributed by atoms with van der Waals surface area (Å²) in [6.07, 6.45) is 0.967. The Morgan fingerprint density at radius 1 is 1.10 bits per heavy atom. The fraction of sp³-hybridized carbons (Fsp3) is 0.533. The number of nitrogens with one attached hydrogen (secondary N) is 2. The molecule has 0 heterocycles. The predicted octanol–water partition coefficient (Wildman–Crippen LogP) is 2.28. The lowest BCUT2D eigenvalue weighted by molar-refractivity contribution is 0.145. The molecule has 0 aliphatic rings. The largest absolute Gasteiger partial charge is 0.492 e. The Labute approximate surface area is 144 Å². The van der Waals surface area contributed by atoms with Crippen LogP contribution in [-0.4, -0.2) is 45.9 Å². The maximum absolute atomic E-state index is 5.59. The standard InChI is InChI=1S/C15H25N3O2.HI/c1-3-19-12-7-10-17-15(16-2)18-11-13-20-14-8-5-4-6-9-14;/h4-6,8-9H,3,7,10-13H2,1-2H3,(H2,16,17,18);1H. The molecule has 0 atom stereocenters. The fourth-order valence-electron chi connectivity index (χ4n) is 1.60. The van der Waals surface area contributed by atoms with E-state index in [0.29, 0.717) is 13.2 Å². The molecule has 0 spiro atoms. The maximum Gasteiger partial charge on any atom is 0.191 e. The lowest BCUT2D eigenvalue weighted by Crippen LogP contribution is -2.39. The SMILES string of the molecule is CCOCCCNC(=NC)NCCOc1ccccc1.I. The van der Waals surface area contributed by atoms with Gasteiger partial charge in [-0.2, -0.15) is 0 Å². The number of hydrogen-bond acceptors (Lipinski definition) is 3. The van der Waals surface area contributed by atoms with Crippen LogP contribution < -0.4 is 15.4 Å². The van der Waals surface area contributed by atoms with Crippen LogP contribution in [-0.2, 0) is 4.74 Å². The summed E-state index contributed by atoms with van der Waals surface area (Å²) >= 11 is 0. The fourth-order valence-corrected chi connectivity index (χ4v) is 1.60. The molecule has 0 saturated heterocycles. The minimum Gasteiger partial charge on any atom is -0.492 e. The molecule has 0 aliphatic carbocycles. The molecule has 120 valence electrons. The normalized spacial score (nSPS) is 10.7. The summed E-state index contributed by atoms with van der Waals surface area (Å²) in [7, 11) is 1.76. The smallest absolute Gasteiger partial charge is 0.191 e. The number of guanidine groups is 1. The molecular weight excluding hydrogens is 381 g/mol. The first-order chi connectivity index (χ1) is 9.86. The summed E-state index contributed by atoms with van der Waals surface area (Å²) in [4.78, 5) is 4.15. The summed E-state index contributed by atoms with van der Waals surface area (Å²) in [5.41, 5.74) is 0. The zero-order valence-electron chi connectivity index (χ0n) is 12.8. The van der Waals surface area contributed by atoms with Crippen molar-refractivity contribution in [3.8, 4) is 5.75 Å². The Morgan fingerprint density at radius 2 is 1.81 bits per heavy atom. The average molecular weight is 407 g/mol. The number of rotatable bonds is 9. The second kappa shape index (κ2) is 13.9. The van der Waals surface area contributed by atoms with E-state index in [1.165, 1.54) is 0 Å². The molecule has 0 aliphatic heterocycles. The molecule has 0 saturated carbocycles. The summed E-state index contributed by atoms with van der Waals surface area (Å²) in [5, 5.41) is 6.43. The Kier molecular flexibility index (Phi) is 13.3. The molecule has 0 radical (unpaired) electrons. The Balaban J connectivity index is 0.00000400. The van der Waals surface area contributed by atoms with Gasteiger partial charge in [0.1, 0.15) is 12.4 Å². The van der Waals surface area contributed by atoms with Crippen LogP contribution in [0.25, 0.3) is 0 Å². The minimum absolute atomic E-state index is 0. The summed E-state index contributed by atoms with van der Waals surface area (Å²) in [6, 6.07) is 9.78. The van der Waals surface area contributed by atoms with E-state index in [-0.39, 0.29) is 24.0 Å². The molecule has 1 rings (SSSR count). The quantitative estimate of drug-likeness (QED) is 0.286. The van der Waals surface area contributed by atoms with Crippen LogP contribution in [0.5, 0.6) is 5.75 Å². The molecule has 1 aromatic carbocycles. The number of benzene rings is 1. The number of hydrogen-bond donors (Lipinski definition) is 2. The van der Waals surface area contributed by atoms with Gasteiger partial charge in [0.15, 0.2) is 5.96 Å². The lowest BCUT2D eigenvalue weighted by Gasteiger charge is -2.12. The predicted molar refractivity (Wildman–Crippen MR) is 97.8 cm³/mol. The third-order valence-electron chi connectivity index (χ3n) is 2.59. The van der Waals surface area contributed by atoms with Crippen LogP contribution >= 0.6 is 24.0 Å². The van der Waals surface area contributed by atoms with Crippen LogP contribution in [0.2, 0.25) is 0 Å². The van der Waals surface area contributed by atoms with Crippen LogP contribution in [0.1, 0.15) is 13.3 Å². The van der Waals surface area contributed by atoms with Gasteiger partial charge < -0.3 is 20.1 Å². The first-order valence-electron chi connectivity index (χ1n) is 7.07. The van der Waals surface area contributed by atoms with Crippen LogP contribution in [0, 0.1) is 0 Å². The second-order valence-electron chi connectivity index (χ2n) is 4.14. The molecule has 0 amide bonds. The lowest BCUT2D eigenvalue weighted by atomic mass is 10.3. The first kappa shape index (κ1) is 20.0. The van der Waals surface area contributed by atoms with Gasteiger partial charge in [0, 0.05) is 26.8 Å². The van der Waals surface area contributed by atoms with E-state index in [9.17, 15) is 0 Å². The molecule has 0 fully saturated rings. The number of para-hydroxylation sites is 1. The number of nitrogens with zero attached hydrogens (tertiary/aromatic N) is 1. The maximum atomic E-state index is 5.59. The van der Waals surface area contributed by atoms with E-state index in [1.807, 2.05) is 37.3 Å². The van der Waals surface area contributed by atoms with Crippen molar-refractivity contribution in [2.24, 2.45) is 4.99 Å². The highest BCUT2D eigenvalue weighted by molar-refractivity contribution is 14.0. The third kappa shape index (κ3) is 10.4. The van der Waals surface area contributed by atoms with Crippen molar-refractivity contribution in [1.29, 1.82) is 0 Å². The van der Waals surface area contributed by atoms with Gasteiger partial charge in [-0.05, 0) is 25.5 Å².